The van der Waals surface area contributed by atoms with Gasteiger partial charge in [0.1, 0.15) is 0 Å². The SMILES string of the molecule is Cc1cc([N+](=O)[O-])c(C)cc1N1CCCNC1=O. The number of amides is 2. The van der Waals surface area contributed by atoms with Crippen LogP contribution in [0.1, 0.15) is 17.5 Å². The Morgan fingerprint density at radius 2 is 2.06 bits per heavy atom. The van der Waals surface area contributed by atoms with E-state index >= 15 is 0 Å². The fourth-order valence-corrected chi connectivity index (χ4v) is 2.13. The molecule has 1 fully saturated rings. The first-order valence-corrected chi connectivity index (χ1v) is 5.81. The Bertz CT molecular complexity index is 514. The second-order valence-electron chi connectivity index (χ2n) is 4.42. The van der Waals surface area contributed by atoms with E-state index in [0.29, 0.717) is 18.7 Å². The maximum atomic E-state index is 11.8. The average Bonchev–Trinajstić information content (AvgIpc) is 2.32. The van der Waals surface area contributed by atoms with E-state index in [1.54, 1.807) is 24.8 Å². The first-order chi connectivity index (χ1) is 8.50. The highest BCUT2D eigenvalue weighted by atomic mass is 16.6. The lowest BCUT2D eigenvalue weighted by Crippen LogP contribution is -2.46. The van der Waals surface area contributed by atoms with E-state index in [1.807, 2.05) is 0 Å². The lowest BCUT2D eigenvalue weighted by atomic mass is 10.1. The monoisotopic (exact) mass is 249 g/mol. The average molecular weight is 249 g/mol. The zero-order valence-electron chi connectivity index (χ0n) is 10.4. The van der Waals surface area contributed by atoms with Gasteiger partial charge in [0.15, 0.2) is 0 Å². The minimum atomic E-state index is -0.400. The second-order valence-corrected chi connectivity index (χ2v) is 4.42. The summed E-state index contributed by atoms with van der Waals surface area (Å²) in [7, 11) is 0. The van der Waals surface area contributed by atoms with Crippen LogP contribution in [-0.2, 0) is 0 Å². The van der Waals surface area contributed by atoms with Gasteiger partial charge >= 0.3 is 6.03 Å². The minimum Gasteiger partial charge on any atom is -0.338 e. The topological polar surface area (TPSA) is 75.5 Å². The Labute approximate surface area is 105 Å². The number of carbonyl (C=O) groups excluding carboxylic acids is 1. The minimum absolute atomic E-state index is 0.0914. The maximum Gasteiger partial charge on any atom is 0.321 e. The molecule has 1 aliphatic rings. The van der Waals surface area contributed by atoms with Gasteiger partial charge in [-0.1, -0.05) is 0 Å². The molecule has 0 aromatic heterocycles. The first kappa shape index (κ1) is 12.3. The van der Waals surface area contributed by atoms with Gasteiger partial charge in [0, 0.05) is 30.4 Å². The molecule has 18 heavy (non-hydrogen) atoms. The van der Waals surface area contributed by atoms with Crippen LogP contribution in [-0.4, -0.2) is 24.0 Å². The Kier molecular flexibility index (Phi) is 3.18. The Morgan fingerprint density at radius 3 is 2.67 bits per heavy atom. The molecule has 0 unspecified atom stereocenters. The van der Waals surface area contributed by atoms with E-state index < -0.39 is 4.92 Å². The van der Waals surface area contributed by atoms with Gasteiger partial charge < -0.3 is 5.32 Å². The highest BCUT2D eigenvalue weighted by molar-refractivity contribution is 5.93. The number of urea groups is 1. The van der Waals surface area contributed by atoms with Crippen LogP contribution in [0.3, 0.4) is 0 Å². The van der Waals surface area contributed by atoms with Crippen molar-refractivity contribution in [3.63, 3.8) is 0 Å². The number of hydrogen-bond acceptors (Lipinski definition) is 3. The van der Waals surface area contributed by atoms with Crippen molar-refractivity contribution in [3.8, 4) is 0 Å². The van der Waals surface area contributed by atoms with E-state index in [0.717, 1.165) is 17.7 Å². The van der Waals surface area contributed by atoms with Gasteiger partial charge in [-0.05, 0) is 31.9 Å². The summed E-state index contributed by atoms with van der Waals surface area (Å²) in [5.41, 5.74) is 2.15. The molecule has 0 aliphatic carbocycles. The van der Waals surface area contributed by atoms with E-state index in [9.17, 15) is 14.9 Å². The van der Waals surface area contributed by atoms with Crippen molar-refractivity contribution in [2.75, 3.05) is 18.0 Å². The molecule has 96 valence electrons. The van der Waals surface area contributed by atoms with E-state index in [2.05, 4.69) is 5.32 Å². The van der Waals surface area contributed by atoms with Crippen LogP contribution in [0.4, 0.5) is 16.2 Å². The summed E-state index contributed by atoms with van der Waals surface area (Å²) >= 11 is 0. The van der Waals surface area contributed by atoms with Gasteiger partial charge in [0.2, 0.25) is 0 Å². The van der Waals surface area contributed by atoms with Crippen LogP contribution in [0.25, 0.3) is 0 Å². The zero-order valence-corrected chi connectivity index (χ0v) is 10.4. The van der Waals surface area contributed by atoms with Crippen molar-refractivity contribution in [2.45, 2.75) is 20.3 Å². The number of nitro benzene ring substituents is 1. The number of nitro groups is 1. The summed E-state index contributed by atoms with van der Waals surface area (Å²) < 4.78 is 0. The molecule has 1 heterocycles. The number of rotatable bonds is 2. The lowest BCUT2D eigenvalue weighted by molar-refractivity contribution is -0.385. The van der Waals surface area contributed by atoms with Crippen LogP contribution in [0, 0.1) is 24.0 Å². The smallest absolute Gasteiger partial charge is 0.321 e. The molecule has 6 nitrogen and oxygen atoms in total. The van der Waals surface area contributed by atoms with E-state index in [4.69, 9.17) is 0 Å². The predicted octanol–water partition coefficient (Wildman–Crippen LogP) is 2.13. The third-order valence-electron chi connectivity index (χ3n) is 3.08. The summed E-state index contributed by atoms with van der Waals surface area (Å²) in [6.45, 7) is 4.79. The van der Waals surface area contributed by atoms with Crippen LogP contribution in [0.15, 0.2) is 12.1 Å². The molecule has 1 aromatic rings. The third kappa shape index (κ3) is 2.13. The molecule has 1 saturated heterocycles. The Morgan fingerprint density at radius 1 is 1.33 bits per heavy atom. The number of nitrogens with zero attached hydrogens (tertiary/aromatic N) is 2. The van der Waals surface area contributed by atoms with E-state index in [-0.39, 0.29) is 11.7 Å². The van der Waals surface area contributed by atoms with E-state index in [1.165, 1.54) is 6.07 Å². The van der Waals surface area contributed by atoms with Gasteiger partial charge in [0.25, 0.3) is 5.69 Å². The third-order valence-corrected chi connectivity index (χ3v) is 3.08. The van der Waals surface area contributed by atoms with Crippen molar-refractivity contribution in [3.05, 3.63) is 33.4 Å². The summed E-state index contributed by atoms with van der Waals surface area (Å²) in [5, 5.41) is 13.6. The zero-order chi connectivity index (χ0) is 13.3. The second kappa shape index (κ2) is 4.64. The quantitative estimate of drug-likeness (QED) is 0.644. The normalized spacial score (nSPS) is 15.4. The van der Waals surface area contributed by atoms with Gasteiger partial charge in [-0.3, -0.25) is 15.0 Å². The molecular weight excluding hydrogens is 234 g/mol. The van der Waals surface area contributed by atoms with Crippen LogP contribution < -0.4 is 10.2 Å². The molecule has 1 aliphatic heterocycles. The van der Waals surface area contributed by atoms with Crippen LogP contribution >= 0.6 is 0 Å². The maximum absolute atomic E-state index is 11.8. The number of nitrogens with one attached hydrogen (secondary N) is 1. The van der Waals surface area contributed by atoms with Gasteiger partial charge in [0.05, 0.1) is 4.92 Å². The standard InChI is InChI=1S/C12H15N3O3/c1-8-7-11(15(17)18)9(2)6-10(8)14-5-3-4-13-12(14)16/h6-7H,3-5H2,1-2H3,(H,13,16). The van der Waals surface area contributed by atoms with Crippen LogP contribution in [0.5, 0.6) is 0 Å². The first-order valence-electron chi connectivity index (χ1n) is 5.81. The highest BCUT2D eigenvalue weighted by Gasteiger charge is 2.23. The molecule has 0 saturated carbocycles. The molecule has 0 radical (unpaired) electrons. The number of carbonyl (C=O) groups is 1. The fraction of sp³-hybridized carbons (Fsp3) is 0.417. The number of hydrogen-bond donors (Lipinski definition) is 1. The molecule has 0 bridgehead atoms. The molecular formula is C12H15N3O3. The summed E-state index contributed by atoms with van der Waals surface area (Å²) in [6.07, 6.45) is 0.876. The van der Waals surface area contributed by atoms with Crippen molar-refractivity contribution in [1.82, 2.24) is 5.32 Å². The molecule has 0 atom stereocenters. The predicted molar refractivity (Wildman–Crippen MR) is 67.9 cm³/mol. The summed E-state index contributed by atoms with van der Waals surface area (Å²) in [4.78, 5) is 23.8. The van der Waals surface area contributed by atoms with Crippen molar-refractivity contribution < 1.29 is 9.72 Å². The van der Waals surface area contributed by atoms with Crippen molar-refractivity contribution >= 4 is 17.4 Å². The number of benzene rings is 1. The van der Waals surface area contributed by atoms with Gasteiger partial charge in [-0.25, -0.2) is 4.79 Å². The molecule has 6 heteroatoms. The summed E-state index contributed by atoms with van der Waals surface area (Å²) in [5.74, 6) is 0. The van der Waals surface area contributed by atoms with Gasteiger partial charge in [-0.2, -0.15) is 0 Å². The number of aryl methyl sites for hydroxylation is 2. The Hall–Kier alpha value is -2.11. The van der Waals surface area contributed by atoms with Gasteiger partial charge in [-0.15, -0.1) is 0 Å². The largest absolute Gasteiger partial charge is 0.338 e. The summed E-state index contributed by atoms with van der Waals surface area (Å²) in [6, 6.07) is 3.09. The molecule has 2 rings (SSSR count). The molecule has 2 amide bonds. The number of anilines is 1. The van der Waals surface area contributed by atoms with Crippen molar-refractivity contribution in [1.29, 1.82) is 0 Å². The van der Waals surface area contributed by atoms with Crippen LogP contribution in [0.2, 0.25) is 0 Å². The Balaban J connectivity index is 2.42. The lowest BCUT2D eigenvalue weighted by Gasteiger charge is -2.28. The van der Waals surface area contributed by atoms with Crippen molar-refractivity contribution in [2.24, 2.45) is 0 Å². The molecule has 0 spiro atoms. The fourth-order valence-electron chi connectivity index (χ4n) is 2.13. The highest BCUT2D eigenvalue weighted by Crippen LogP contribution is 2.29. The molecule has 1 aromatic carbocycles. The molecule has 1 N–H and O–H groups in total.